The van der Waals surface area contributed by atoms with E-state index in [1.54, 1.807) is 0 Å². The lowest BCUT2D eigenvalue weighted by Gasteiger charge is -2.25. The third-order valence-electron chi connectivity index (χ3n) is 2.85. The van der Waals surface area contributed by atoms with Crippen LogP contribution in [0.25, 0.3) is 11.0 Å². The summed E-state index contributed by atoms with van der Waals surface area (Å²) < 4.78 is 1.97. The van der Waals surface area contributed by atoms with Crippen molar-refractivity contribution in [1.29, 1.82) is 0 Å². The van der Waals surface area contributed by atoms with Crippen LogP contribution >= 0.6 is 0 Å². The summed E-state index contributed by atoms with van der Waals surface area (Å²) in [6.45, 7) is 3.86. The molecule has 0 spiro atoms. The molecular weight excluding hydrogens is 228 g/mol. The van der Waals surface area contributed by atoms with Crippen LogP contribution in [0.2, 0.25) is 0 Å². The van der Waals surface area contributed by atoms with Crippen LogP contribution in [0.15, 0.2) is 24.3 Å². The lowest BCUT2D eigenvalue weighted by molar-refractivity contribution is -0.118. The highest BCUT2D eigenvalue weighted by molar-refractivity contribution is 5.79. The van der Waals surface area contributed by atoms with Gasteiger partial charge in [0.25, 0.3) is 0 Å². The maximum absolute atomic E-state index is 11.0. The van der Waals surface area contributed by atoms with Crippen LogP contribution < -0.4 is 11.1 Å². The van der Waals surface area contributed by atoms with Gasteiger partial charge in [0.15, 0.2) is 0 Å². The zero-order valence-corrected chi connectivity index (χ0v) is 10.9. The average Bonchev–Trinajstić information content (AvgIpc) is 2.54. The number of para-hydroxylation sites is 2. The number of aryl methyl sites for hydroxylation is 1. The Hall–Kier alpha value is -2.04. The number of rotatable bonds is 4. The Labute approximate surface area is 106 Å². The van der Waals surface area contributed by atoms with Crippen molar-refractivity contribution in [3.63, 3.8) is 0 Å². The van der Waals surface area contributed by atoms with Crippen molar-refractivity contribution >= 4 is 22.9 Å². The molecule has 0 saturated heterocycles. The molecule has 0 aliphatic heterocycles. The van der Waals surface area contributed by atoms with E-state index in [2.05, 4.69) is 10.3 Å². The molecule has 1 aromatic carbocycles. The number of hydrogen-bond donors (Lipinski definition) is 2. The second kappa shape index (κ2) is 4.33. The highest BCUT2D eigenvalue weighted by Gasteiger charge is 2.22. The van der Waals surface area contributed by atoms with Gasteiger partial charge in [0.2, 0.25) is 11.9 Å². The Bertz CT molecular complexity index is 586. The minimum Gasteiger partial charge on any atom is -0.370 e. The molecule has 18 heavy (non-hydrogen) atoms. The number of carbonyl (C=O) groups excluding carboxylic acids is 1. The molecule has 0 unspecified atom stereocenters. The molecule has 0 aliphatic rings. The summed E-state index contributed by atoms with van der Waals surface area (Å²) in [5.74, 6) is 0.411. The number of nitrogens with one attached hydrogen (secondary N) is 1. The fourth-order valence-electron chi connectivity index (χ4n) is 2.04. The molecule has 2 aromatic rings. The van der Waals surface area contributed by atoms with Gasteiger partial charge in [0, 0.05) is 19.0 Å². The molecule has 0 saturated carbocycles. The third kappa shape index (κ3) is 2.45. The van der Waals surface area contributed by atoms with Crippen molar-refractivity contribution < 1.29 is 4.79 Å². The zero-order valence-electron chi connectivity index (χ0n) is 10.9. The van der Waals surface area contributed by atoms with Crippen LogP contribution in [0.4, 0.5) is 5.95 Å². The number of amides is 1. The van der Waals surface area contributed by atoms with Crippen molar-refractivity contribution in [2.75, 3.05) is 5.32 Å². The molecular formula is C13H18N4O. The second-order valence-electron chi connectivity index (χ2n) is 5.14. The van der Waals surface area contributed by atoms with Crippen LogP contribution in [0.3, 0.4) is 0 Å². The van der Waals surface area contributed by atoms with Gasteiger partial charge in [-0.2, -0.15) is 0 Å². The molecule has 3 N–H and O–H groups in total. The molecule has 5 heteroatoms. The Balaban J connectivity index is 2.32. The lowest BCUT2D eigenvalue weighted by Crippen LogP contribution is -2.36. The summed E-state index contributed by atoms with van der Waals surface area (Å²) in [7, 11) is 1.94. The van der Waals surface area contributed by atoms with E-state index in [9.17, 15) is 4.79 Å². The van der Waals surface area contributed by atoms with Gasteiger partial charge in [0.1, 0.15) is 0 Å². The Morgan fingerprint density at radius 3 is 2.72 bits per heavy atom. The van der Waals surface area contributed by atoms with Crippen molar-refractivity contribution in [3.8, 4) is 0 Å². The highest BCUT2D eigenvalue weighted by Crippen LogP contribution is 2.21. The fraction of sp³-hybridized carbons (Fsp3) is 0.385. The quantitative estimate of drug-likeness (QED) is 0.861. The molecule has 0 radical (unpaired) electrons. The van der Waals surface area contributed by atoms with E-state index in [0.29, 0.717) is 0 Å². The Morgan fingerprint density at radius 1 is 1.44 bits per heavy atom. The molecule has 0 fully saturated rings. The number of nitrogens with zero attached hydrogens (tertiary/aromatic N) is 2. The number of imidazole rings is 1. The molecule has 0 bridgehead atoms. The standard InChI is InChI=1S/C13H18N4O/c1-13(2,8-11(14)18)16-12-15-9-6-4-5-7-10(9)17(12)3/h4-7H,8H2,1-3H3,(H2,14,18)(H,15,16). The maximum Gasteiger partial charge on any atom is 0.219 e. The predicted molar refractivity (Wildman–Crippen MR) is 72.2 cm³/mol. The van der Waals surface area contributed by atoms with Crippen LogP contribution in [0.1, 0.15) is 20.3 Å². The van der Waals surface area contributed by atoms with Crippen molar-refractivity contribution in [2.45, 2.75) is 25.8 Å². The average molecular weight is 246 g/mol. The van der Waals surface area contributed by atoms with E-state index in [0.717, 1.165) is 17.0 Å². The number of fused-ring (bicyclic) bond motifs is 1. The maximum atomic E-state index is 11.0. The molecule has 0 atom stereocenters. The zero-order chi connectivity index (χ0) is 13.3. The Kier molecular flexibility index (Phi) is 2.98. The fourth-order valence-corrected chi connectivity index (χ4v) is 2.04. The molecule has 0 aliphatic carbocycles. The first kappa shape index (κ1) is 12.4. The van der Waals surface area contributed by atoms with Gasteiger partial charge >= 0.3 is 0 Å². The van der Waals surface area contributed by atoms with Crippen LogP contribution in [-0.2, 0) is 11.8 Å². The van der Waals surface area contributed by atoms with Gasteiger partial charge in [-0.1, -0.05) is 12.1 Å². The third-order valence-corrected chi connectivity index (χ3v) is 2.85. The first-order chi connectivity index (χ1) is 8.39. The number of aromatic nitrogens is 2. The van der Waals surface area contributed by atoms with E-state index in [1.807, 2.05) is 49.7 Å². The van der Waals surface area contributed by atoms with Crippen molar-refractivity contribution in [1.82, 2.24) is 9.55 Å². The SMILES string of the molecule is Cn1c(NC(C)(C)CC(N)=O)nc2ccccc21. The van der Waals surface area contributed by atoms with Gasteiger partial charge in [-0.3, -0.25) is 4.79 Å². The van der Waals surface area contributed by atoms with Gasteiger partial charge < -0.3 is 15.6 Å². The van der Waals surface area contributed by atoms with Crippen LogP contribution in [0.5, 0.6) is 0 Å². The van der Waals surface area contributed by atoms with E-state index >= 15 is 0 Å². The minimum absolute atomic E-state index is 0.260. The minimum atomic E-state index is -0.416. The normalized spacial score (nSPS) is 11.7. The summed E-state index contributed by atoms with van der Waals surface area (Å²) in [5.41, 5.74) is 6.80. The number of hydrogen-bond acceptors (Lipinski definition) is 3. The first-order valence-electron chi connectivity index (χ1n) is 5.87. The summed E-state index contributed by atoms with van der Waals surface area (Å²) in [5, 5.41) is 3.26. The number of nitrogens with two attached hydrogens (primary N) is 1. The largest absolute Gasteiger partial charge is 0.370 e. The molecule has 5 nitrogen and oxygen atoms in total. The number of carbonyl (C=O) groups is 1. The first-order valence-corrected chi connectivity index (χ1v) is 5.87. The van der Waals surface area contributed by atoms with Crippen molar-refractivity contribution in [2.24, 2.45) is 12.8 Å². The van der Waals surface area contributed by atoms with E-state index in [1.165, 1.54) is 0 Å². The molecule has 2 rings (SSSR count). The van der Waals surface area contributed by atoms with Crippen molar-refractivity contribution in [3.05, 3.63) is 24.3 Å². The van der Waals surface area contributed by atoms with E-state index < -0.39 is 5.54 Å². The monoisotopic (exact) mass is 246 g/mol. The number of primary amides is 1. The summed E-state index contributed by atoms with van der Waals surface area (Å²) in [4.78, 5) is 15.5. The van der Waals surface area contributed by atoms with Crippen LogP contribution in [-0.4, -0.2) is 21.0 Å². The van der Waals surface area contributed by atoms with Gasteiger partial charge in [-0.25, -0.2) is 4.98 Å². The number of benzene rings is 1. The molecule has 1 amide bonds. The number of anilines is 1. The van der Waals surface area contributed by atoms with Crippen LogP contribution in [0, 0.1) is 0 Å². The smallest absolute Gasteiger partial charge is 0.219 e. The topological polar surface area (TPSA) is 72.9 Å². The Morgan fingerprint density at radius 2 is 2.11 bits per heavy atom. The van der Waals surface area contributed by atoms with Gasteiger partial charge in [-0.15, -0.1) is 0 Å². The summed E-state index contributed by atoms with van der Waals surface area (Å²) >= 11 is 0. The molecule has 96 valence electrons. The molecule has 1 heterocycles. The molecule has 1 aromatic heterocycles. The van der Waals surface area contributed by atoms with E-state index in [-0.39, 0.29) is 12.3 Å². The summed E-state index contributed by atoms with van der Waals surface area (Å²) in [6, 6.07) is 7.90. The predicted octanol–water partition coefficient (Wildman–Crippen LogP) is 1.64. The highest BCUT2D eigenvalue weighted by atomic mass is 16.1. The van der Waals surface area contributed by atoms with E-state index in [4.69, 9.17) is 5.73 Å². The second-order valence-corrected chi connectivity index (χ2v) is 5.14. The van der Waals surface area contributed by atoms with Gasteiger partial charge in [-0.05, 0) is 26.0 Å². The summed E-state index contributed by atoms with van der Waals surface area (Å²) in [6.07, 6.45) is 0.260. The lowest BCUT2D eigenvalue weighted by atomic mass is 10.0. The van der Waals surface area contributed by atoms with Gasteiger partial charge in [0.05, 0.1) is 11.0 Å².